The molecule has 6 heteroatoms. The Morgan fingerprint density at radius 1 is 1.03 bits per heavy atom. The zero-order valence-electron chi connectivity index (χ0n) is 16.9. The number of carbonyl (C=O) groups is 2. The van der Waals surface area contributed by atoms with E-state index in [0.717, 1.165) is 17.7 Å². The average Bonchev–Trinajstić information content (AvgIpc) is 3.15. The highest BCUT2D eigenvalue weighted by molar-refractivity contribution is 5.95. The van der Waals surface area contributed by atoms with Crippen molar-refractivity contribution in [3.63, 3.8) is 0 Å². The molecule has 29 heavy (non-hydrogen) atoms. The molecule has 6 nitrogen and oxygen atoms in total. The summed E-state index contributed by atoms with van der Waals surface area (Å²) in [5, 5.41) is 2.98. The number of ether oxygens (including phenoxy) is 1. The van der Waals surface area contributed by atoms with E-state index in [0.29, 0.717) is 31.7 Å². The zero-order chi connectivity index (χ0) is 20.4. The van der Waals surface area contributed by atoms with Crippen LogP contribution in [-0.4, -0.2) is 48.7 Å². The number of morpholine rings is 1. The maximum Gasteiger partial charge on any atom is 0.322 e. The van der Waals surface area contributed by atoms with Crippen LogP contribution in [0.1, 0.15) is 35.3 Å². The van der Waals surface area contributed by atoms with Gasteiger partial charge in [0.05, 0.1) is 12.2 Å². The molecule has 2 atom stereocenters. The molecule has 4 rings (SSSR count). The van der Waals surface area contributed by atoms with Crippen molar-refractivity contribution < 1.29 is 14.3 Å². The van der Waals surface area contributed by atoms with Gasteiger partial charge in [-0.1, -0.05) is 30.3 Å². The second kappa shape index (κ2) is 8.25. The van der Waals surface area contributed by atoms with E-state index in [9.17, 15) is 9.59 Å². The number of hydrogen-bond acceptors (Lipinski definition) is 3. The highest BCUT2D eigenvalue weighted by Crippen LogP contribution is 2.27. The molecule has 2 aliphatic rings. The molecule has 2 aromatic rings. The van der Waals surface area contributed by atoms with E-state index in [1.54, 1.807) is 4.90 Å². The highest BCUT2D eigenvalue weighted by Gasteiger charge is 2.27. The summed E-state index contributed by atoms with van der Waals surface area (Å²) in [6.07, 6.45) is 0.986. The van der Waals surface area contributed by atoms with Gasteiger partial charge in [0.15, 0.2) is 0 Å². The lowest BCUT2D eigenvalue weighted by atomic mass is 10.1. The molecule has 2 aromatic carbocycles. The van der Waals surface area contributed by atoms with Crippen LogP contribution in [0.3, 0.4) is 0 Å². The summed E-state index contributed by atoms with van der Waals surface area (Å²) < 4.78 is 5.70. The van der Waals surface area contributed by atoms with Crippen molar-refractivity contribution in [3.8, 4) is 0 Å². The van der Waals surface area contributed by atoms with Gasteiger partial charge in [-0.15, -0.1) is 0 Å². The van der Waals surface area contributed by atoms with Gasteiger partial charge in [0.2, 0.25) is 0 Å². The van der Waals surface area contributed by atoms with Crippen molar-refractivity contribution in [1.82, 2.24) is 10.2 Å². The third-order valence-electron chi connectivity index (χ3n) is 5.48. The number of amides is 3. The molecule has 0 bridgehead atoms. The van der Waals surface area contributed by atoms with Gasteiger partial charge in [-0.25, -0.2) is 4.79 Å². The third kappa shape index (κ3) is 4.27. The van der Waals surface area contributed by atoms with Crippen molar-refractivity contribution >= 4 is 17.6 Å². The Morgan fingerprint density at radius 3 is 2.45 bits per heavy atom. The number of urea groups is 1. The molecule has 1 N–H and O–H groups in total. The van der Waals surface area contributed by atoms with Crippen LogP contribution < -0.4 is 10.2 Å². The molecule has 0 aromatic heterocycles. The van der Waals surface area contributed by atoms with E-state index in [1.807, 2.05) is 61.2 Å². The number of hydrogen-bond donors (Lipinski definition) is 1. The van der Waals surface area contributed by atoms with Crippen LogP contribution in [0, 0.1) is 0 Å². The summed E-state index contributed by atoms with van der Waals surface area (Å²) in [6.45, 7) is 6.32. The van der Waals surface area contributed by atoms with Gasteiger partial charge in [0.25, 0.3) is 5.91 Å². The Kier molecular flexibility index (Phi) is 5.53. The Hall–Kier alpha value is -2.86. The van der Waals surface area contributed by atoms with E-state index in [4.69, 9.17) is 4.74 Å². The molecule has 0 radical (unpaired) electrons. The number of anilines is 1. The molecular formula is C23H27N3O3. The standard InChI is InChI=1S/C23H27N3O3/c1-16-14-25(15-17(2)29-16)22(27)20-9-7-18(8-10-20)13-24-23(28)26-12-11-19-5-3-4-6-21(19)26/h3-10,16-17H,11-15H2,1-2H3,(H,24,28). The molecule has 3 amide bonds. The predicted octanol–water partition coefficient (Wildman–Crippen LogP) is 3.21. The van der Waals surface area contributed by atoms with Crippen LogP contribution in [0.2, 0.25) is 0 Å². The second-order valence-electron chi connectivity index (χ2n) is 7.85. The summed E-state index contributed by atoms with van der Waals surface area (Å²) in [7, 11) is 0. The number of nitrogens with one attached hydrogen (secondary N) is 1. The number of carbonyl (C=O) groups excluding carboxylic acids is 2. The van der Waals surface area contributed by atoms with Gasteiger partial charge < -0.3 is 15.0 Å². The first-order valence-electron chi connectivity index (χ1n) is 10.2. The van der Waals surface area contributed by atoms with Gasteiger partial charge in [0, 0.05) is 37.4 Å². The van der Waals surface area contributed by atoms with Crippen LogP contribution in [0.5, 0.6) is 0 Å². The molecule has 2 aliphatic heterocycles. The van der Waals surface area contributed by atoms with Crippen LogP contribution in [0.25, 0.3) is 0 Å². The Balaban J connectivity index is 1.34. The van der Waals surface area contributed by atoms with E-state index in [2.05, 4.69) is 11.4 Å². The fourth-order valence-corrected chi connectivity index (χ4v) is 4.11. The SMILES string of the molecule is CC1CN(C(=O)c2ccc(CNC(=O)N3CCc4ccccc43)cc2)CC(C)O1. The largest absolute Gasteiger partial charge is 0.372 e. The number of rotatable bonds is 3. The van der Waals surface area contributed by atoms with Crippen LogP contribution in [0.15, 0.2) is 48.5 Å². The molecule has 2 unspecified atom stereocenters. The molecule has 1 saturated heterocycles. The minimum Gasteiger partial charge on any atom is -0.372 e. The Bertz CT molecular complexity index is 886. The summed E-state index contributed by atoms with van der Waals surface area (Å²) in [5.74, 6) is 0.0243. The maximum atomic E-state index is 12.8. The van der Waals surface area contributed by atoms with E-state index in [1.165, 1.54) is 5.56 Å². The lowest BCUT2D eigenvalue weighted by molar-refractivity contribution is -0.0586. The minimum absolute atomic E-state index is 0.0243. The normalized spacial score (nSPS) is 21.0. The zero-order valence-corrected chi connectivity index (χ0v) is 16.9. The van der Waals surface area contributed by atoms with Gasteiger partial charge in [-0.3, -0.25) is 9.69 Å². The summed E-state index contributed by atoms with van der Waals surface area (Å²) in [5.41, 5.74) is 3.82. The van der Waals surface area contributed by atoms with Crippen molar-refractivity contribution in [1.29, 1.82) is 0 Å². The monoisotopic (exact) mass is 393 g/mol. The van der Waals surface area contributed by atoms with Crippen molar-refractivity contribution in [2.75, 3.05) is 24.5 Å². The fourth-order valence-electron chi connectivity index (χ4n) is 4.11. The van der Waals surface area contributed by atoms with Crippen molar-refractivity contribution in [2.45, 2.75) is 39.0 Å². The maximum absolute atomic E-state index is 12.8. The number of benzene rings is 2. The first kappa shape index (κ1) is 19.5. The molecule has 152 valence electrons. The number of para-hydroxylation sites is 1. The summed E-state index contributed by atoms with van der Waals surface area (Å²) >= 11 is 0. The van der Waals surface area contributed by atoms with Gasteiger partial charge in [0.1, 0.15) is 0 Å². The Labute approximate surface area is 171 Å². The summed E-state index contributed by atoms with van der Waals surface area (Å²) in [4.78, 5) is 29.0. The average molecular weight is 393 g/mol. The number of nitrogens with zero attached hydrogens (tertiary/aromatic N) is 2. The second-order valence-corrected chi connectivity index (χ2v) is 7.85. The first-order chi connectivity index (χ1) is 14.0. The topological polar surface area (TPSA) is 61.9 Å². The molecule has 2 heterocycles. The quantitative estimate of drug-likeness (QED) is 0.871. The predicted molar refractivity (Wildman–Crippen MR) is 112 cm³/mol. The summed E-state index contributed by atoms with van der Waals surface area (Å²) in [6, 6.07) is 15.4. The van der Waals surface area contributed by atoms with Gasteiger partial charge in [-0.05, 0) is 49.6 Å². The molecule has 0 spiro atoms. The lowest BCUT2D eigenvalue weighted by Crippen LogP contribution is -2.48. The molecule has 0 saturated carbocycles. The number of fused-ring (bicyclic) bond motifs is 1. The van der Waals surface area contributed by atoms with Crippen LogP contribution in [0.4, 0.5) is 10.5 Å². The molecule has 1 fully saturated rings. The fraction of sp³-hybridized carbons (Fsp3) is 0.391. The van der Waals surface area contributed by atoms with Crippen molar-refractivity contribution in [2.24, 2.45) is 0 Å². The van der Waals surface area contributed by atoms with Crippen LogP contribution >= 0.6 is 0 Å². The van der Waals surface area contributed by atoms with E-state index >= 15 is 0 Å². The first-order valence-corrected chi connectivity index (χ1v) is 10.2. The van der Waals surface area contributed by atoms with Gasteiger partial charge >= 0.3 is 6.03 Å². The van der Waals surface area contributed by atoms with Crippen molar-refractivity contribution in [3.05, 3.63) is 65.2 Å². The van der Waals surface area contributed by atoms with E-state index < -0.39 is 0 Å². The van der Waals surface area contributed by atoms with Gasteiger partial charge in [-0.2, -0.15) is 0 Å². The lowest BCUT2D eigenvalue weighted by Gasteiger charge is -2.35. The minimum atomic E-state index is -0.0913. The molecular weight excluding hydrogens is 366 g/mol. The third-order valence-corrected chi connectivity index (χ3v) is 5.48. The van der Waals surface area contributed by atoms with Crippen LogP contribution in [-0.2, 0) is 17.7 Å². The molecule has 0 aliphatic carbocycles. The Morgan fingerprint density at radius 2 is 1.72 bits per heavy atom. The smallest absolute Gasteiger partial charge is 0.322 e. The highest BCUT2D eigenvalue weighted by atomic mass is 16.5. The van der Waals surface area contributed by atoms with E-state index in [-0.39, 0.29) is 24.1 Å².